The van der Waals surface area contributed by atoms with Crippen LogP contribution in [0.15, 0.2) is 43.1 Å². The first-order chi connectivity index (χ1) is 11.3. The largest absolute Gasteiger partial charge is 0.349 e. The van der Waals surface area contributed by atoms with Gasteiger partial charge in [0.15, 0.2) is 0 Å². The zero-order valence-corrected chi connectivity index (χ0v) is 12.4. The Morgan fingerprint density at radius 2 is 2.09 bits per heavy atom. The lowest BCUT2D eigenvalue weighted by molar-refractivity contribution is 0.0933. The van der Waals surface area contributed by atoms with E-state index < -0.39 is 0 Å². The maximum Gasteiger partial charge on any atom is 0.253 e. The lowest BCUT2D eigenvalue weighted by atomic mass is 9.93. The Hall–Kier alpha value is -2.96. The highest BCUT2D eigenvalue weighted by Gasteiger charge is 2.23. The van der Waals surface area contributed by atoms with E-state index >= 15 is 0 Å². The lowest BCUT2D eigenvalue weighted by Crippen LogP contribution is -2.39. The molecule has 1 unspecified atom stereocenters. The SMILES string of the molecule is O=C(NC1CCc2cn[nH]c2C1)c1ccccc1-n1cnnc1. The third-order valence-corrected chi connectivity index (χ3v) is 4.20. The van der Waals surface area contributed by atoms with E-state index in [0.29, 0.717) is 5.56 Å². The molecule has 4 rings (SSSR count). The summed E-state index contributed by atoms with van der Waals surface area (Å²) in [5.41, 5.74) is 3.75. The summed E-state index contributed by atoms with van der Waals surface area (Å²) in [5.74, 6) is -0.0812. The summed E-state index contributed by atoms with van der Waals surface area (Å²) in [6, 6.07) is 7.56. The highest BCUT2D eigenvalue weighted by atomic mass is 16.1. The highest BCUT2D eigenvalue weighted by Crippen LogP contribution is 2.20. The number of carbonyl (C=O) groups excluding carboxylic acids is 1. The number of carbonyl (C=O) groups is 1. The first-order valence-corrected chi connectivity index (χ1v) is 7.57. The first kappa shape index (κ1) is 13.7. The third-order valence-electron chi connectivity index (χ3n) is 4.20. The van der Waals surface area contributed by atoms with Gasteiger partial charge in [0.05, 0.1) is 17.4 Å². The Morgan fingerprint density at radius 1 is 1.26 bits per heavy atom. The Kier molecular flexibility index (Phi) is 3.38. The van der Waals surface area contributed by atoms with Gasteiger partial charge in [-0.15, -0.1) is 10.2 Å². The maximum atomic E-state index is 12.7. The van der Waals surface area contributed by atoms with Gasteiger partial charge in [0.2, 0.25) is 0 Å². The van der Waals surface area contributed by atoms with E-state index in [0.717, 1.165) is 30.6 Å². The van der Waals surface area contributed by atoms with Crippen LogP contribution >= 0.6 is 0 Å². The molecule has 2 N–H and O–H groups in total. The number of hydrogen-bond acceptors (Lipinski definition) is 4. The zero-order chi connectivity index (χ0) is 15.6. The molecule has 1 aliphatic carbocycles. The molecule has 0 fully saturated rings. The van der Waals surface area contributed by atoms with Crippen LogP contribution in [0, 0.1) is 0 Å². The van der Waals surface area contributed by atoms with Crippen LogP contribution in [0.4, 0.5) is 0 Å². The van der Waals surface area contributed by atoms with Crippen molar-refractivity contribution in [2.45, 2.75) is 25.3 Å². The summed E-state index contributed by atoms with van der Waals surface area (Å²) in [6.07, 6.45) is 7.69. The number of nitrogens with one attached hydrogen (secondary N) is 2. The molecule has 2 aromatic heterocycles. The van der Waals surface area contributed by atoms with Gasteiger partial charge in [0.1, 0.15) is 12.7 Å². The number of rotatable bonds is 3. The number of aromatic nitrogens is 5. The monoisotopic (exact) mass is 308 g/mol. The molecule has 7 nitrogen and oxygen atoms in total. The second-order valence-electron chi connectivity index (χ2n) is 5.67. The van der Waals surface area contributed by atoms with E-state index in [1.807, 2.05) is 30.5 Å². The fourth-order valence-corrected chi connectivity index (χ4v) is 3.01. The minimum absolute atomic E-state index is 0.0812. The van der Waals surface area contributed by atoms with Crippen molar-refractivity contribution in [3.63, 3.8) is 0 Å². The minimum atomic E-state index is -0.0812. The molecule has 1 amide bonds. The fourth-order valence-electron chi connectivity index (χ4n) is 3.01. The van der Waals surface area contributed by atoms with Gasteiger partial charge in [-0.05, 0) is 30.5 Å². The van der Waals surface area contributed by atoms with Gasteiger partial charge >= 0.3 is 0 Å². The number of H-pyrrole nitrogens is 1. The number of nitrogens with zero attached hydrogens (tertiary/aromatic N) is 4. The smallest absolute Gasteiger partial charge is 0.253 e. The highest BCUT2D eigenvalue weighted by molar-refractivity contribution is 5.98. The average molecular weight is 308 g/mol. The molecule has 23 heavy (non-hydrogen) atoms. The number of para-hydroxylation sites is 1. The number of aromatic amines is 1. The predicted octanol–water partition coefficient (Wildman–Crippen LogP) is 1.28. The van der Waals surface area contributed by atoms with E-state index in [4.69, 9.17) is 0 Å². The zero-order valence-electron chi connectivity index (χ0n) is 12.4. The molecule has 0 spiro atoms. The average Bonchev–Trinajstić information content (AvgIpc) is 3.26. The lowest BCUT2D eigenvalue weighted by Gasteiger charge is -2.23. The number of fused-ring (bicyclic) bond motifs is 1. The third kappa shape index (κ3) is 2.61. The molecule has 1 aliphatic rings. The molecule has 0 aliphatic heterocycles. The van der Waals surface area contributed by atoms with Crippen molar-refractivity contribution in [2.75, 3.05) is 0 Å². The van der Waals surface area contributed by atoms with Gasteiger partial charge in [0, 0.05) is 18.2 Å². The molecule has 3 aromatic rings. The summed E-state index contributed by atoms with van der Waals surface area (Å²) in [6.45, 7) is 0. The van der Waals surface area contributed by atoms with Crippen molar-refractivity contribution in [3.05, 3.63) is 59.9 Å². The number of benzene rings is 1. The molecular weight excluding hydrogens is 292 g/mol. The van der Waals surface area contributed by atoms with Crippen molar-refractivity contribution >= 4 is 5.91 Å². The molecule has 0 bridgehead atoms. The first-order valence-electron chi connectivity index (χ1n) is 7.57. The predicted molar refractivity (Wildman–Crippen MR) is 83.2 cm³/mol. The van der Waals surface area contributed by atoms with Crippen LogP contribution < -0.4 is 5.32 Å². The van der Waals surface area contributed by atoms with Gasteiger partial charge in [-0.2, -0.15) is 5.10 Å². The van der Waals surface area contributed by atoms with E-state index in [-0.39, 0.29) is 11.9 Å². The van der Waals surface area contributed by atoms with Crippen molar-refractivity contribution in [1.82, 2.24) is 30.3 Å². The van der Waals surface area contributed by atoms with Gasteiger partial charge in [-0.3, -0.25) is 14.5 Å². The van der Waals surface area contributed by atoms with E-state index in [2.05, 4.69) is 25.7 Å². The Labute approximate surface area is 132 Å². The molecule has 1 aromatic carbocycles. The normalized spacial score (nSPS) is 16.8. The molecule has 0 saturated heterocycles. The number of hydrogen-bond donors (Lipinski definition) is 2. The fraction of sp³-hybridized carbons (Fsp3) is 0.250. The summed E-state index contributed by atoms with van der Waals surface area (Å²) < 4.78 is 1.74. The van der Waals surface area contributed by atoms with Gasteiger partial charge in [-0.1, -0.05) is 12.1 Å². The second-order valence-corrected chi connectivity index (χ2v) is 5.67. The summed E-state index contributed by atoms with van der Waals surface area (Å²) in [5, 5.41) is 17.8. The van der Waals surface area contributed by atoms with Crippen molar-refractivity contribution in [2.24, 2.45) is 0 Å². The summed E-state index contributed by atoms with van der Waals surface area (Å²) in [7, 11) is 0. The molecule has 7 heteroatoms. The Morgan fingerprint density at radius 3 is 2.96 bits per heavy atom. The van der Waals surface area contributed by atoms with Crippen LogP contribution in [0.1, 0.15) is 28.0 Å². The van der Waals surface area contributed by atoms with Crippen LogP contribution in [0.3, 0.4) is 0 Å². The second kappa shape index (κ2) is 5.68. The van der Waals surface area contributed by atoms with E-state index in [9.17, 15) is 4.79 Å². The molecule has 0 radical (unpaired) electrons. The van der Waals surface area contributed by atoms with E-state index in [1.165, 1.54) is 5.56 Å². The van der Waals surface area contributed by atoms with Gasteiger partial charge in [0.25, 0.3) is 5.91 Å². The number of aryl methyl sites for hydroxylation is 1. The molecule has 116 valence electrons. The van der Waals surface area contributed by atoms with Gasteiger partial charge < -0.3 is 5.32 Å². The van der Waals surface area contributed by atoms with Crippen LogP contribution in [-0.2, 0) is 12.8 Å². The quantitative estimate of drug-likeness (QED) is 0.763. The van der Waals surface area contributed by atoms with Crippen LogP contribution in [0.5, 0.6) is 0 Å². The standard InChI is InChI=1S/C16H16N6O/c23-16(20-12-6-5-11-8-17-21-14(11)7-12)13-3-1-2-4-15(13)22-9-18-19-10-22/h1-4,8-10,12H,5-7H2,(H,17,21)(H,20,23). The maximum absolute atomic E-state index is 12.7. The van der Waals surface area contributed by atoms with E-state index in [1.54, 1.807) is 17.2 Å². The Balaban J connectivity index is 1.54. The molecule has 2 heterocycles. The van der Waals surface area contributed by atoms with Crippen LogP contribution in [0.2, 0.25) is 0 Å². The topological polar surface area (TPSA) is 88.5 Å². The minimum Gasteiger partial charge on any atom is -0.349 e. The summed E-state index contributed by atoms with van der Waals surface area (Å²) >= 11 is 0. The van der Waals surface area contributed by atoms with Crippen molar-refractivity contribution < 1.29 is 4.79 Å². The Bertz CT molecular complexity index is 823. The van der Waals surface area contributed by atoms with Crippen molar-refractivity contribution in [1.29, 1.82) is 0 Å². The van der Waals surface area contributed by atoms with Crippen LogP contribution in [-0.4, -0.2) is 36.9 Å². The summed E-state index contributed by atoms with van der Waals surface area (Å²) in [4.78, 5) is 12.7. The van der Waals surface area contributed by atoms with Crippen LogP contribution in [0.25, 0.3) is 5.69 Å². The molecule has 0 saturated carbocycles. The number of amides is 1. The van der Waals surface area contributed by atoms with Gasteiger partial charge in [-0.25, -0.2) is 0 Å². The van der Waals surface area contributed by atoms with Crippen molar-refractivity contribution in [3.8, 4) is 5.69 Å². The molecular formula is C16H16N6O. The molecule has 1 atom stereocenters.